The van der Waals surface area contributed by atoms with Gasteiger partial charge in [-0.25, -0.2) is 4.98 Å². The van der Waals surface area contributed by atoms with Gasteiger partial charge < -0.3 is 34.7 Å². The predicted molar refractivity (Wildman–Crippen MR) is 131 cm³/mol. The van der Waals surface area contributed by atoms with Crippen LogP contribution in [0.25, 0.3) is 22.7 Å². The van der Waals surface area contributed by atoms with Gasteiger partial charge in [0.25, 0.3) is 0 Å². The molecule has 0 fully saturated rings. The summed E-state index contributed by atoms with van der Waals surface area (Å²) in [5, 5.41) is 11.9. The zero-order valence-electron chi connectivity index (χ0n) is 20.2. The number of pyridine rings is 1. The Labute approximate surface area is 200 Å². The fourth-order valence-electron chi connectivity index (χ4n) is 4.73. The van der Waals surface area contributed by atoms with Crippen molar-refractivity contribution in [3.05, 3.63) is 41.1 Å². The Morgan fingerprint density at radius 3 is 2.71 bits per heavy atom. The number of carbonyl (C=O) groups is 1. The lowest BCUT2D eigenvalue weighted by Crippen LogP contribution is -2.38. The maximum absolute atomic E-state index is 11.9. The van der Waals surface area contributed by atoms with Crippen LogP contribution >= 0.6 is 0 Å². The normalized spacial score (nSPS) is 18.2. The summed E-state index contributed by atoms with van der Waals surface area (Å²) in [6.45, 7) is 5.06. The van der Waals surface area contributed by atoms with Crippen LogP contribution in [0.15, 0.2) is 24.3 Å². The van der Waals surface area contributed by atoms with Crippen LogP contribution in [-0.2, 0) is 16.1 Å². The van der Waals surface area contributed by atoms with Gasteiger partial charge in [0.05, 0.1) is 29.1 Å². The number of carbonyl (C=O) groups excluding carboxylic acids is 1. The Kier molecular flexibility index (Phi) is 6.93. The predicted octanol–water partition coefficient (Wildman–Crippen LogP) is 2.96. The number of aromatic nitrogens is 1. The first-order valence-corrected chi connectivity index (χ1v) is 11.5. The maximum Gasteiger partial charge on any atom is 0.231 e. The zero-order chi connectivity index (χ0) is 24.5. The highest BCUT2D eigenvalue weighted by atomic mass is 16.7. The van der Waals surface area contributed by atoms with Crippen LogP contribution < -0.4 is 15.2 Å². The molecule has 2 aliphatic rings. The number of rotatable bonds is 9. The van der Waals surface area contributed by atoms with Crippen LogP contribution in [0.4, 0.5) is 0 Å². The summed E-state index contributed by atoms with van der Waals surface area (Å²) in [4.78, 5) is 19.0. The molecule has 0 bridgehead atoms. The fraction of sp³-hybridized carbons (Fsp3) is 0.462. The van der Waals surface area contributed by atoms with Gasteiger partial charge >= 0.3 is 0 Å². The van der Waals surface area contributed by atoms with E-state index in [1.807, 2.05) is 25.3 Å². The number of nitrogens with zero attached hydrogens (tertiary/aromatic N) is 2. The van der Waals surface area contributed by atoms with Crippen molar-refractivity contribution in [3.63, 3.8) is 0 Å². The van der Waals surface area contributed by atoms with Crippen molar-refractivity contribution in [2.24, 2.45) is 17.6 Å². The Bertz CT molecular complexity index is 1140. The summed E-state index contributed by atoms with van der Waals surface area (Å²) in [5.74, 6) is 0.427. The van der Waals surface area contributed by atoms with Crippen molar-refractivity contribution < 1.29 is 24.1 Å². The van der Waals surface area contributed by atoms with Crippen LogP contribution in [0.3, 0.4) is 0 Å². The van der Waals surface area contributed by atoms with Crippen LogP contribution in [0.2, 0.25) is 0 Å². The van der Waals surface area contributed by atoms with Crippen LogP contribution in [0.1, 0.15) is 37.1 Å². The van der Waals surface area contributed by atoms with E-state index >= 15 is 0 Å². The zero-order valence-corrected chi connectivity index (χ0v) is 20.2. The van der Waals surface area contributed by atoms with Gasteiger partial charge in [0.1, 0.15) is 6.29 Å². The van der Waals surface area contributed by atoms with Gasteiger partial charge in [-0.2, -0.15) is 0 Å². The molecule has 0 saturated heterocycles. The summed E-state index contributed by atoms with van der Waals surface area (Å²) in [6, 6.07) is 3.89. The van der Waals surface area contributed by atoms with E-state index in [4.69, 9.17) is 24.9 Å². The molecule has 8 nitrogen and oxygen atoms in total. The van der Waals surface area contributed by atoms with Crippen molar-refractivity contribution in [1.29, 1.82) is 0 Å². The number of hydrogen-bond donors (Lipinski definition) is 2. The molecule has 0 aliphatic carbocycles. The molecule has 3 heterocycles. The number of ether oxygens (including phenoxy) is 3. The largest absolute Gasteiger partial charge is 0.454 e. The van der Waals surface area contributed by atoms with E-state index in [0.29, 0.717) is 24.6 Å². The van der Waals surface area contributed by atoms with E-state index in [1.165, 1.54) is 0 Å². The van der Waals surface area contributed by atoms with E-state index in [1.54, 1.807) is 21.0 Å². The lowest BCUT2D eigenvalue weighted by Gasteiger charge is -2.32. The quantitative estimate of drug-likeness (QED) is 0.542. The molecular weight excluding hydrogens is 434 g/mol. The number of nitrogens with two attached hydrogens (primary N) is 1. The molecule has 0 radical (unpaired) electrons. The highest BCUT2D eigenvalue weighted by Gasteiger charge is 2.36. The third kappa shape index (κ3) is 4.53. The first-order valence-electron chi connectivity index (χ1n) is 11.5. The highest BCUT2D eigenvalue weighted by molar-refractivity contribution is 5.94. The van der Waals surface area contributed by atoms with Gasteiger partial charge in [0.2, 0.25) is 6.79 Å². The highest BCUT2D eigenvalue weighted by Crippen LogP contribution is 2.42. The average Bonchev–Trinajstić information content (AvgIpc) is 3.37. The second kappa shape index (κ2) is 9.74. The number of fused-ring (bicyclic) bond motifs is 3. The van der Waals surface area contributed by atoms with Crippen molar-refractivity contribution >= 4 is 29.0 Å². The minimum atomic E-state index is -1.13. The molecule has 2 aliphatic heterocycles. The molecule has 1 aromatic heterocycles. The van der Waals surface area contributed by atoms with Gasteiger partial charge in [-0.15, -0.1) is 0 Å². The molecule has 34 heavy (non-hydrogen) atoms. The third-order valence-corrected chi connectivity index (χ3v) is 6.44. The molecule has 2 unspecified atom stereocenters. The lowest BCUT2D eigenvalue weighted by molar-refractivity contribution is -0.117. The average molecular weight is 468 g/mol. The van der Waals surface area contributed by atoms with Crippen molar-refractivity contribution in [2.75, 3.05) is 34.1 Å². The van der Waals surface area contributed by atoms with Gasteiger partial charge in [-0.3, -0.25) is 0 Å². The first kappa shape index (κ1) is 24.2. The van der Waals surface area contributed by atoms with E-state index in [9.17, 15) is 9.90 Å². The summed E-state index contributed by atoms with van der Waals surface area (Å²) in [5.41, 5.74) is 9.22. The number of benzene rings is 1. The molecular formula is C26H33N3O5. The minimum Gasteiger partial charge on any atom is -0.454 e. The Balaban J connectivity index is 1.91. The maximum atomic E-state index is 11.9. The van der Waals surface area contributed by atoms with Gasteiger partial charge in [-0.1, -0.05) is 18.2 Å². The number of methoxy groups -OCH3 is 1. The van der Waals surface area contributed by atoms with Crippen LogP contribution in [0, 0.1) is 11.8 Å². The smallest absolute Gasteiger partial charge is 0.231 e. The first-order chi connectivity index (χ1) is 16.3. The molecule has 0 amide bonds. The van der Waals surface area contributed by atoms with Gasteiger partial charge in [0, 0.05) is 49.6 Å². The molecule has 0 saturated carbocycles. The molecule has 3 N–H and O–H groups in total. The number of aliphatic hydroxyl groups is 1. The molecule has 4 rings (SSSR count). The third-order valence-electron chi connectivity index (χ3n) is 6.44. The topological polar surface area (TPSA) is 107 Å². The number of aldehydes is 1. The molecule has 2 aromatic rings. The Morgan fingerprint density at radius 1 is 1.32 bits per heavy atom. The van der Waals surface area contributed by atoms with E-state index in [0.717, 1.165) is 46.1 Å². The second-order valence-electron chi connectivity index (χ2n) is 9.40. The monoisotopic (exact) mass is 467 g/mol. The summed E-state index contributed by atoms with van der Waals surface area (Å²) < 4.78 is 16.5. The van der Waals surface area contributed by atoms with Crippen molar-refractivity contribution in [1.82, 2.24) is 9.88 Å². The van der Waals surface area contributed by atoms with E-state index < -0.39 is 17.4 Å². The summed E-state index contributed by atoms with van der Waals surface area (Å²) >= 11 is 0. The summed E-state index contributed by atoms with van der Waals surface area (Å²) in [6.07, 6.45) is 7.75. The summed E-state index contributed by atoms with van der Waals surface area (Å²) in [7, 11) is 3.55. The van der Waals surface area contributed by atoms with E-state index in [-0.39, 0.29) is 13.4 Å². The molecule has 8 heteroatoms. The fourth-order valence-corrected chi connectivity index (χ4v) is 4.73. The van der Waals surface area contributed by atoms with Gasteiger partial charge in [-0.05, 0) is 38.4 Å². The van der Waals surface area contributed by atoms with Crippen LogP contribution in [0.5, 0.6) is 11.5 Å². The lowest BCUT2D eigenvalue weighted by atomic mass is 9.80. The SMILES string of the molecule is COCC(C=O)C(/C=C1/c2nc3cc4c(cc3c(/C=C/CCN)c2CN1C)OCO4)C(C)(C)O. The molecule has 0 spiro atoms. The van der Waals surface area contributed by atoms with Gasteiger partial charge in [0.15, 0.2) is 11.5 Å². The molecule has 2 atom stereocenters. The van der Waals surface area contributed by atoms with Crippen LogP contribution in [-0.4, -0.2) is 61.0 Å². The Hall–Kier alpha value is -2.94. The van der Waals surface area contributed by atoms with E-state index in [2.05, 4.69) is 17.1 Å². The molecule has 1 aromatic carbocycles. The minimum absolute atomic E-state index is 0.192. The Morgan fingerprint density at radius 2 is 2.06 bits per heavy atom. The van der Waals surface area contributed by atoms with Crippen molar-refractivity contribution in [3.8, 4) is 11.5 Å². The second-order valence-corrected chi connectivity index (χ2v) is 9.40. The standard InChI is InChI=1S/C26H33N3O5/c1-26(2,31)20(16(13-30)14-32-4)10-22-25-19(12-29(22)3)17(7-5-6-8-27)18-9-23-24(34-15-33-23)11-21(18)28-25/h5,7,9-11,13,16,20,31H,6,8,12,14-15,27H2,1-4H3/b7-5+,22-10-. The number of hydrogen-bond acceptors (Lipinski definition) is 8. The molecule has 182 valence electrons. The van der Waals surface area contributed by atoms with Crippen molar-refractivity contribution in [2.45, 2.75) is 32.4 Å².